The molecule has 0 bridgehead atoms. The van der Waals surface area contributed by atoms with Crippen molar-refractivity contribution in [3.05, 3.63) is 83.6 Å². The van der Waals surface area contributed by atoms with E-state index in [-0.39, 0.29) is 12.1 Å². The number of rotatable bonds is 11. The number of hydrogen-bond acceptors (Lipinski definition) is 7. The topological polar surface area (TPSA) is 64.1 Å². The van der Waals surface area contributed by atoms with Crippen molar-refractivity contribution in [3.63, 3.8) is 0 Å². The lowest BCUT2D eigenvalue weighted by atomic mass is 10.1. The van der Waals surface area contributed by atoms with Gasteiger partial charge in [0.2, 0.25) is 0 Å². The first-order valence-electron chi connectivity index (χ1n) is 13.0. The molecule has 0 N–H and O–H groups in total. The molecule has 0 radical (unpaired) electrons. The van der Waals surface area contributed by atoms with E-state index < -0.39 is 0 Å². The van der Waals surface area contributed by atoms with Crippen LogP contribution in [0.3, 0.4) is 0 Å². The Bertz CT molecular complexity index is 1170. The van der Waals surface area contributed by atoms with Crippen LogP contribution in [0.25, 0.3) is 0 Å². The summed E-state index contributed by atoms with van der Waals surface area (Å²) in [5.74, 6) is 1.85. The minimum Gasteiger partial charge on any atom is -0.493 e. The number of anilines is 1. The van der Waals surface area contributed by atoms with Gasteiger partial charge in [0, 0.05) is 31.9 Å². The highest BCUT2D eigenvalue weighted by atomic mass is 16.5. The fourth-order valence-corrected chi connectivity index (χ4v) is 4.72. The highest BCUT2D eigenvalue weighted by molar-refractivity contribution is 5.95. The number of hydrogen-bond donors (Lipinski definition) is 0. The van der Waals surface area contributed by atoms with Gasteiger partial charge in [-0.15, -0.1) is 0 Å². The Morgan fingerprint density at radius 3 is 2.62 bits per heavy atom. The van der Waals surface area contributed by atoms with E-state index >= 15 is 0 Å². The van der Waals surface area contributed by atoms with E-state index in [2.05, 4.69) is 33.8 Å². The predicted octanol–water partition coefficient (Wildman–Crippen LogP) is 5.34. The summed E-state index contributed by atoms with van der Waals surface area (Å²) >= 11 is 0. The van der Waals surface area contributed by atoms with Crippen molar-refractivity contribution in [1.82, 2.24) is 9.88 Å². The Balaban J connectivity index is 1.41. The normalized spacial score (nSPS) is 15.3. The van der Waals surface area contributed by atoms with E-state index in [4.69, 9.17) is 14.2 Å². The van der Waals surface area contributed by atoms with Crippen LogP contribution in [-0.2, 0) is 17.9 Å². The zero-order chi connectivity index (χ0) is 26.2. The second kappa shape index (κ2) is 12.6. The lowest BCUT2D eigenvalue weighted by Gasteiger charge is -2.28. The summed E-state index contributed by atoms with van der Waals surface area (Å²) in [7, 11) is 1.68. The molecule has 1 saturated heterocycles. The molecular weight excluding hydrogens is 466 g/mol. The third kappa shape index (κ3) is 6.80. The van der Waals surface area contributed by atoms with Crippen LogP contribution in [0.15, 0.2) is 66.9 Å². The van der Waals surface area contributed by atoms with Gasteiger partial charge in [-0.25, -0.2) is 9.78 Å². The molecule has 4 rings (SSSR count). The zero-order valence-electron chi connectivity index (χ0n) is 22.2. The average molecular weight is 504 g/mol. The van der Waals surface area contributed by atoms with Gasteiger partial charge in [0.25, 0.3) is 0 Å². The Hall–Kier alpha value is -3.58. The van der Waals surface area contributed by atoms with E-state index in [0.717, 1.165) is 49.7 Å². The maximum atomic E-state index is 12.6. The van der Waals surface area contributed by atoms with Gasteiger partial charge in [0.05, 0.1) is 13.2 Å². The maximum absolute atomic E-state index is 12.6. The highest BCUT2D eigenvalue weighted by Crippen LogP contribution is 2.31. The number of ether oxygens (including phenoxy) is 3. The Morgan fingerprint density at radius 2 is 1.89 bits per heavy atom. The molecule has 1 aliphatic rings. The van der Waals surface area contributed by atoms with Gasteiger partial charge in [-0.1, -0.05) is 43.3 Å². The Kier molecular flexibility index (Phi) is 9.01. The third-order valence-corrected chi connectivity index (χ3v) is 6.59. The second-order valence-corrected chi connectivity index (χ2v) is 9.54. The van der Waals surface area contributed by atoms with Crippen LogP contribution in [0.5, 0.6) is 11.5 Å². The molecular formula is C30H37N3O4. The first kappa shape index (κ1) is 26.5. The predicted molar refractivity (Wildman–Crippen MR) is 145 cm³/mol. The maximum Gasteiger partial charge on any atom is 0.342 e. The molecule has 1 atom stereocenters. The molecule has 7 nitrogen and oxygen atoms in total. The molecule has 2 aromatic carbocycles. The molecule has 0 aliphatic carbocycles. The quantitative estimate of drug-likeness (QED) is 0.328. The number of carbonyl (C=O) groups is 1. The lowest BCUT2D eigenvalue weighted by Crippen LogP contribution is -2.37. The van der Waals surface area contributed by atoms with Crippen LogP contribution in [-0.4, -0.2) is 54.7 Å². The number of esters is 1. The summed E-state index contributed by atoms with van der Waals surface area (Å²) in [6.07, 6.45) is 2.56. The van der Waals surface area contributed by atoms with Crippen LogP contribution in [0.4, 0.5) is 5.82 Å². The van der Waals surface area contributed by atoms with Crippen LogP contribution in [0.2, 0.25) is 0 Å². The SMILES string of the molecule is CCN(Cc1ccc(OCc2ccccc2)c(OC)c1)C1CCN(c2ncccc2C(=O)OC(C)C)C1. The summed E-state index contributed by atoms with van der Waals surface area (Å²) in [4.78, 5) is 21.8. The second-order valence-electron chi connectivity index (χ2n) is 9.54. The average Bonchev–Trinajstić information content (AvgIpc) is 3.41. The van der Waals surface area contributed by atoms with Crippen molar-refractivity contribution < 1.29 is 19.0 Å². The van der Waals surface area contributed by atoms with Gasteiger partial charge in [-0.3, -0.25) is 4.90 Å². The van der Waals surface area contributed by atoms with Crippen molar-refractivity contribution in [3.8, 4) is 11.5 Å². The summed E-state index contributed by atoms with van der Waals surface area (Å²) in [5.41, 5.74) is 2.81. The Morgan fingerprint density at radius 1 is 1.08 bits per heavy atom. The molecule has 1 unspecified atom stereocenters. The fourth-order valence-electron chi connectivity index (χ4n) is 4.72. The van der Waals surface area contributed by atoms with Crippen molar-refractivity contribution in [2.24, 2.45) is 0 Å². The van der Waals surface area contributed by atoms with Crippen molar-refractivity contribution >= 4 is 11.8 Å². The number of aromatic nitrogens is 1. The molecule has 37 heavy (non-hydrogen) atoms. The number of pyridine rings is 1. The van der Waals surface area contributed by atoms with Gasteiger partial charge in [0.15, 0.2) is 11.5 Å². The molecule has 0 saturated carbocycles. The van der Waals surface area contributed by atoms with Crippen LogP contribution in [0, 0.1) is 0 Å². The molecule has 2 heterocycles. The molecule has 7 heteroatoms. The first-order chi connectivity index (χ1) is 18.0. The Labute approximate surface area is 220 Å². The summed E-state index contributed by atoms with van der Waals surface area (Å²) in [6.45, 7) is 9.76. The van der Waals surface area contributed by atoms with Gasteiger partial charge < -0.3 is 19.1 Å². The number of carbonyl (C=O) groups excluding carboxylic acids is 1. The fraction of sp³-hybridized carbons (Fsp3) is 0.400. The molecule has 0 spiro atoms. The van der Waals surface area contributed by atoms with E-state index in [1.165, 1.54) is 5.56 Å². The van der Waals surface area contributed by atoms with Crippen LogP contribution >= 0.6 is 0 Å². The number of likely N-dealkylation sites (N-methyl/N-ethyl adjacent to an activating group) is 1. The summed E-state index contributed by atoms with van der Waals surface area (Å²) in [5, 5.41) is 0. The van der Waals surface area contributed by atoms with Crippen molar-refractivity contribution in [2.45, 2.75) is 52.5 Å². The number of methoxy groups -OCH3 is 1. The lowest BCUT2D eigenvalue weighted by molar-refractivity contribution is 0.0378. The molecule has 0 amide bonds. The minimum absolute atomic E-state index is 0.172. The van der Waals surface area contributed by atoms with Gasteiger partial charge in [0.1, 0.15) is 18.0 Å². The summed E-state index contributed by atoms with van der Waals surface area (Å²) < 4.78 is 17.1. The minimum atomic E-state index is -0.324. The zero-order valence-corrected chi connectivity index (χ0v) is 22.2. The van der Waals surface area contributed by atoms with E-state index in [1.54, 1.807) is 25.4 Å². The highest BCUT2D eigenvalue weighted by Gasteiger charge is 2.30. The van der Waals surface area contributed by atoms with E-state index in [0.29, 0.717) is 24.0 Å². The van der Waals surface area contributed by atoms with Gasteiger partial charge in [-0.05, 0) is 62.2 Å². The largest absolute Gasteiger partial charge is 0.493 e. The molecule has 1 aromatic heterocycles. The van der Waals surface area contributed by atoms with Gasteiger partial charge >= 0.3 is 5.97 Å². The van der Waals surface area contributed by atoms with Crippen molar-refractivity contribution in [2.75, 3.05) is 31.6 Å². The smallest absolute Gasteiger partial charge is 0.342 e. The molecule has 1 aliphatic heterocycles. The third-order valence-electron chi connectivity index (χ3n) is 6.59. The first-order valence-corrected chi connectivity index (χ1v) is 13.0. The number of nitrogens with zero attached hydrogens (tertiary/aromatic N) is 3. The molecule has 3 aromatic rings. The van der Waals surface area contributed by atoms with Gasteiger partial charge in [-0.2, -0.15) is 0 Å². The van der Waals surface area contributed by atoms with Crippen LogP contribution < -0.4 is 14.4 Å². The van der Waals surface area contributed by atoms with E-state index in [1.807, 2.05) is 50.2 Å². The molecule has 1 fully saturated rings. The molecule has 196 valence electrons. The van der Waals surface area contributed by atoms with Crippen LogP contribution in [0.1, 0.15) is 48.7 Å². The monoisotopic (exact) mass is 503 g/mol. The standard InChI is InChI=1S/C30H37N3O4/c1-5-32(19-24-13-14-27(28(18-24)35-4)36-21-23-10-7-6-8-11-23)25-15-17-33(20-25)29-26(12-9-16-31-29)30(34)37-22(2)3/h6-14,16,18,22,25H,5,15,17,19-21H2,1-4H3. The van der Waals surface area contributed by atoms with Crippen molar-refractivity contribution in [1.29, 1.82) is 0 Å². The van der Waals surface area contributed by atoms with E-state index in [9.17, 15) is 4.79 Å². The number of benzene rings is 2. The summed E-state index contributed by atoms with van der Waals surface area (Å²) in [6, 6.07) is 20.2.